The van der Waals surface area contributed by atoms with Crippen LogP contribution in [-0.2, 0) is 4.79 Å². The lowest BCUT2D eigenvalue weighted by molar-refractivity contribution is -0.933. The summed E-state index contributed by atoms with van der Waals surface area (Å²) in [7, 11) is 2.26. The third-order valence-corrected chi connectivity index (χ3v) is 5.80. The third-order valence-electron chi connectivity index (χ3n) is 5.80. The summed E-state index contributed by atoms with van der Waals surface area (Å²) in [5.41, 5.74) is 4.35. The minimum Gasteiger partial charge on any atom is -0.320 e. The Balaban J connectivity index is 2.23. The van der Waals surface area contributed by atoms with Gasteiger partial charge in [-0.05, 0) is 45.2 Å². The average Bonchev–Trinajstić information content (AvgIpc) is 3.30. The molecule has 0 saturated heterocycles. The fourth-order valence-electron chi connectivity index (χ4n) is 3.92. The molecule has 1 amide bonds. The number of carbonyl (C=O) groups is 1. The molecule has 128 valence electrons. The molecule has 1 saturated carbocycles. The van der Waals surface area contributed by atoms with E-state index in [4.69, 9.17) is 0 Å². The van der Waals surface area contributed by atoms with E-state index in [9.17, 15) is 4.79 Å². The first-order chi connectivity index (χ1) is 10.8. The van der Waals surface area contributed by atoms with Crippen molar-refractivity contribution >= 4 is 11.6 Å². The van der Waals surface area contributed by atoms with Crippen LogP contribution in [0.4, 0.5) is 5.69 Å². The molecule has 0 radical (unpaired) electrons. The standard InChI is InChI=1S/C20H32N2O/c1-7-9-12-22(6,8-2)20(10-11-20)19(23)21-18-16(4)13-15(3)14-17(18)5/h13-14H,7-12H2,1-6H3/p+1. The summed E-state index contributed by atoms with van der Waals surface area (Å²) in [6, 6.07) is 4.29. The van der Waals surface area contributed by atoms with Crippen LogP contribution in [-0.4, -0.2) is 36.1 Å². The Morgan fingerprint density at radius 2 is 1.74 bits per heavy atom. The molecule has 3 heteroatoms. The number of nitrogens with one attached hydrogen (secondary N) is 1. The van der Waals surface area contributed by atoms with Gasteiger partial charge in [0, 0.05) is 18.5 Å². The third kappa shape index (κ3) is 3.30. The number of unbranched alkanes of at least 4 members (excludes halogenated alkanes) is 1. The van der Waals surface area contributed by atoms with Crippen LogP contribution in [0.25, 0.3) is 0 Å². The highest BCUT2D eigenvalue weighted by atomic mass is 16.2. The predicted octanol–water partition coefficient (Wildman–Crippen LogP) is 4.35. The maximum Gasteiger partial charge on any atom is 0.285 e. The Kier molecular flexibility index (Phi) is 5.20. The van der Waals surface area contributed by atoms with Crippen LogP contribution < -0.4 is 5.32 Å². The van der Waals surface area contributed by atoms with Gasteiger partial charge in [0.25, 0.3) is 5.91 Å². The molecule has 3 nitrogen and oxygen atoms in total. The summed E-state index contributed by atoms with van der Waals surface area (Å²) in [6.07, 6.45) is 4.39. The minimum atomic E-state index is -0.215. The molecule has 1 aliphatic rings. The molecule has 1 aliphatic carbocycles. The quantitative estimate of drug-likeness (QED) is 0.744. The van der Waals surface area contributed by atoms with Gasteiger partial charge in [-0.2, -0.15) is 0 Å². The smallest absolute Gasteiger partial charge is 0.285 e. The highest BCUT2D eigenvalue weighted by Gasteiger charge is 2.63. The number of nitrogens with zero attached hydrogens (tertiary/aromatic N) is 1. The second-order valence-electron chi connectivity index (χ2n) is 7.55. The number of quaternary nitrogens is 1. The van der Waals surface area contributed by atoms with Gasteiger partial charge < -0.3 is 9.80 Å². The second-order valence-corrected chi connectivity index (χ2v) is 7.55. The van der Waals surface area contributed by atoms with Crippen molar-refractivity contribution in [1.82, 2.24) is 0 Å². The molecule has 0 aliphatic heterocycles. The molecular formula is C20H33N2O+. The number of hydrogen-bond donors (Lipinski definition) is 1. The van der Waals surface area contributed by atoms with Gasteiger partial charge in [-0.15, -0.1) is 0 Å². The normalized spacial score (nSPS) is 18.3. The number of hydrogen-bond acceptors (Lipinski definition) is 1. The van der Waals surface area contributed by atoms with Gasteiger partial charge in [0.2, 0.25) is 0 Å². The van der Waals surface area contributed by atoms with Gasteiger partial charge in [0.15, 0.2) is 5.54 Å². The highest BCUT2D eigenvalue weighted by Crippen LogP contribution is 2.47. The molecule has 1 aromatic carbocycles. The molecule has 0 spiro atoms. The molecule has 1 N–H and O–H groups in total. The van der Waals surface area contributed by atoms with E-state index < -0.39 is 0 Å². The highest BCUT2D eigenvalue weighted by molar-refractivity contribution is 6.00. The van der Waals surface area contributed by atoms with Gasteiger partial charge in [0.05, 0.1) is 20.1 Å². The van der Waals surface area contributed by atoms with E-state index >= 15 is 0 Å². The van der Waals surface area contributed by atoms with Gasteiger partial charge in [-0.3, -0.25) is 4.79 Å². The van der Waals surface area contributed by atoms with Crippen molar-refractivity contribution in [2.45, 2.75) is 65.8 Å². The Hall–Kier alpha value is -1.35. The minimum absolute atomic E-state index is 0.215. The zero-order valence-electron chi connectivity index (χ0n) is 15.8. The summed E-state index contributed by atoms with van der Waals surface area (Å²) in [5, 5.41) is 3.27. The Morgan fingerprint density at radius 1 is 1.17 bits per heavy atom. The van der Waals surface area contributed by atoms with Crippen LogP contribution in [0.2, 0.25) is 0 Å². The Morgan fingerprint density at radius 3 is 2.17 bits per heavy atom. The summed E-state index contributed by atoms with van der Waals surface area (Å²) in [5.74, 6) is 0.216. The predicted molar refractivity (Wildman–Crippen MR) is 97.7 cm³/mol. The number of benzene rings is 1. The van der Waals surface area contributed by atoms with Crippen LogP contribution >= 0.6 is 0 Å². The lowest BCUT2D eigenvalue weighted by atomic mass is 10.0. The molecule has 0 bridgehead atoms. The topological polar surface area (TPSA) is 29.1 Å². The molecule has 1 fully saturated rings. The van der Waals surface area contributed by atoms with Crippen LogP contribution in [0, 0.1) is 20.8 Å². The van der Waals surface area contributed by atoms with Crippen LogP contribution in [0.3, 0.4) is 0 Å². The van der Waals surface area contributed by atoms with Crippen molar-refractivity contribution in [2.75, 3.05) is 25.5 Å². The lowest BCUT2D eigenvalue weighted by Crippen LogP contribution is -2.60. The number of carbonyl (C=O) groups excluding carboxylic acids is 1. The van der Waals surface area contributed by atoms with E-state index in [-0.39, 0.29) is 11.4 Å². The largest absolute Gasteiger partial charge is 0.320 e. The fourth-order valence-corrected chi connectivity index (χ4v) is 3.92. The summed E-state index contributed by atoms with van der Waals surface area (Å²) >= 11 is 0. The van der Waals surface area contributed by atoms with Crippen molar-refractivity contribution in [3.8, 4) is 0 Å². The molecule has 1 unspecified atom stereocenters. The van der Waals surface area contributed by atoms with Gasteiger partial charge in [-0.1, -0.05) is 31.0 Å². The van der Waals surface area contributed by atoms with Crippen molar-refractivity contribution in [1.29, 1.82) is 0 Å². The molecule has 0 aromatic heterocycles. The number of anilines is 1. The van der Waals surface area contributed by atoms with Gasteiger partial charge >= 0.3 is 0 Å². The first-order valence-corrected chi connectivity index (χ1v) is 9.03. The number of amides is 1. The maximum atomic E-state index is 13.1. The number of likely N-dealkylation sites (N-methyl/N-ethyl adjacent to an activating group) is 1. The lowest BCUT2D eigenvalue weighted by Gasteiger charge is -2.41. The second kappa shape index (κ2) is 6.64. The average molecular weight is 317 g/mol. The van der Waals surface area contributed by atoms with Crippen LogP contribution in [0.15, 0.2) is 12.1 Å². The van der Waals surface area contributed by atoms with Crippen molar-refractivity contribution in [3.63, 3.8) is 0 Å². The van der Waals surface area contributed by atoms with E-state index in [0.717, 1.165) is 47.2 Å². The van der Waals surface area contributed by atoms with E-state index in [2.05, 4.69) is 59.1 Å². The van der Waals surface area contributed by atoms with Crippen molar-refractivity contribution in [3.05, 3.63) is 28.8 Å². The zero-order chi connectivity index (χ0) is 17.3. The molecule has 2 rings (SSSR count). The van der Waals surface area contributed by atoms with Crippen molar-refractivity contribution < 1.29 is 9.28 Å². The molecule has 23 heavy (non-hydrogen) atoms. The monoisotopic (exact) mass is 317 g/mol. The van der Waals surface area contributed by atoms with E-state index in [0.29, 0.717) is 0 Å². The fraction of sp³-hybridized carbons (Fsp3) is 0.650. The maximum absolute atomic E-state index is 13.1. The first-order valence-electron chi connectivity index (χ1n) is 9.03. The van der Waals surface area contributed by atoms with Crippen LogP contribution in [0.1, 0.15) is 56.2 Å². The number of aryl methyl sites for hydroxylation is 3. The van der Waals surface area contributed by atoms with Crippen LogP contribution in [0.5, 0.6) is 0 Å². The number of rotatable bonds is 7. The van der Waals surface area contributed by atoms with E-state index in [1.807, 2.05) is 0 Å². The molecule has 1 aromatic rings. The van der Waals surface area contributed by atoms with Crippen molar-refractivity contribution in [2.24, 2.45) is 0 Å². The SMILES string of the molecule is CCCC[N+](C)(CC)C1(C(=O)Nc2c(C)cc(C)cc2C)CC1. The molecule has 0 heterocycles. The first kappa shape index (κ1) is 18.0. The van der Waals surface area contributed by atoms with E-state index in [1.165, 1.54) is 18.4 Å². The van der Waals surface area contributed by atoms with E-state index in [1.54, 1.807) is 0 Å². The Bertz CT molecular complexity index is 566. The van der Waals surface area contributed by atoms with Gasteiger partial charge in [-0.25, -0.2) is 0 Å². The zero-order valence-corrected chi connectivity index (χ0v) is 15.8. The summed E-state index contributed by atoms with van der Waals surface area (Å²) in [4.78, 5) is 13.1. The van der Waals surface area contributed by atoms with Gasteiger partial charge in [0.1, 0.15) is 0 Å². The molecule has 1 atom stereocenters. The summed E-state index contributed by atoms with van der Waals surface area (Å²) in [6.45, 7) is 12.8. The molecular weight excluding hydrogens is 284 g/mol. The Labute approximate surface area is 141 Å². The summed E-state index contributed by atoms with van der Waals surface area (Å²) < 4.78 is 0.872.